The van der Waals surface area contributed by atoms with Crippen LogP contribution >= 0.6 is 22.6 Å². The lowest BCUT2D eigenvalue weighted by Gasteiger charge is -2.10. The highest BCUT2D eigenvalue weighted by molar-refractivity contribution is 14.1. The standard InChI is InChI=1S/C30H20IN3/c31-25-15-22(19-7-3-1-4-8-19)17-29-23(25)13-14-27(33-29)21-11-12-24-26(32)18-28(34-30(24)16-21)20-9-5-2-6-10-20/h1-18H,(H2,32,34). The van der Waals surface area contributed by atoms with Crippen molar-refractivity contribution in [3.63, 3.8) is 0 Å². The molecule has 0 unspecified atom stereocenters. The van der Waals surface area contributed by atoms with Gasteiger partial charge in [0, 0.05) is 31.2 Å². The molecule has 6 rings (SSSR count). The first kappa shape index (κ1) is 20.8. The maximum atomic E-state index is 6.39. The van der Waals surface area contributed by atoms with E-state index in [0.717, 1.165) is 50.0 Å². The summed E-state index contributed by atoms with van der Waals surface area (Å²) in [5, 5.41) is 2.10. The topological polar surface area (TPSA) is 51.8 Å². The van der Waals surface area contributed by atoms with E-state index in [-0.39, 0.29) is 0 Å². The Morgan fingerprint density at radius 1 is 0.500 bits per heavy atom. The zero-order valence-corrected chi connectivity index (χ0v) is 20.4. The van der Waals surface area contributed by atoms with Crippen LogP contribution in [0.5, 0.6) is 0 Å². The molecular formula is C30H20IN3. The second kappa shape index (κ2) is 8.54. The second-order valence-electron chi connectivity index (χ2n) is 8.28. The Morgan fingerprint density at radius 2 is 1.12 bits per heavy atom. The number of pyridine rings is 2. The van der Waals surface area contributed by atoms with Crippen LogP contribution in [0.15, 0.2) is 109 Å². The summed E-state index contributed by atoms with van der Waals surface area (Å²) in [6.07, 6.45) is 0. The molecule has 6 aromatic rings. The van der Waals surface area contributed by atoms with Crippen LogP contribution in [-0.4, -0.2) is 9.97 Å². The van der Waals surface area contributed by atoms with Crippen LogP contribution in [0, 0.1) is 3.57 Å². The summed E-state index contributed by atoms with van der Waals surface area (Å²) in [5.74, 6) is 0. The molecular weight excluding hydrogens is 529 g/mol. The minimum Gasteiger partial charge on any atom is -0.398 e. The van der Waals surface area contributed by atoms with E-state index in [1.54, 1.807) is 0 Å². The van der Waals surface area contributed by atoms with E-state index in [2.05, 4.69) is 83.3 Å². The lowest BCUT2D eigenvalue weighted by molar-refractivity contribution is 1.38. The summed E-state index contributed by atoms with van der Waals surface area (Å²) in [5.41, 5.74) is 15.2. The zero-order chi connectivity index (χ0) is 23.1. The lowest BCUT2D eigenvalue weighted by atomic mass is 10.0. The summed E-state index contributed by atoms with van der Waals surface area (Å²) >= 11 is 2.40. The second-order valence-corrected chi connectivity index (χ2v) is 9.44. The Labute approximate surface area is 211 Å². The van der Waals surface area contributed by atoms with Crippen molar-refractivity contribution < 1.29 is 0 Å². The third kappa shape index (κ3) is 3.80. The van der Waals surface area contributed by atoms with Crippen LogP contribution in [-0.2, 0) is 0 Å². The number of benzene rings is 4. The number of halogens is 1. The Balaban J connectivity index is 1.48. The van der Waals surface area contributed by atoms with Crippen molar-refractivity contribution in [3.05, 3.63) is 113 Å². The summed E-state index contributed by atoms with van der Waals surface area (Å²) in [7, 11) is 0. The first-order chi connectivity index (χ1) is 16.7. The molecule has 2 N–H and O–H groups in total. The van der Waals surface area contributed by atoms with Crippen molar-refractivity contribution in [2.75, 3.05) is 5.73 Å². The molecule has 0 fully saturated rings. The first-order valence-electron chi connectivity index (χ1n) is 11.1. The number of nitrogens with two attached hydrogens (primary N) is 1. The summed E-state index contributed by atoms with van der Waals surface area (Å²) < 4.78 is 1.19. The summed E-state index contributed by atoms with van der Waals surface area (Å²) in [6, 6.07) is 37.3. The SMILES string of the molecule is Nc1cc(-c2ccccc2)nc2cc(-c3ccc4c(I)cc(-c5ccccc5)cc4n3)ccc12. The Hall–Kier alpha value is -3.77. The molecule has 0 aliphatic heterocycles. The highest BCUT2D eigenvalue weighted by Crippen LogP contribution is 2.32. The molecule has 0 spiro atoms. The van der Waals surface area contributed by atoms with Crippen LogP contribution < -0.4 is 5.73 Å². The van der Waals surface area contributed by atoms with Gasteiger partial charge >= 0.3 is 0 Å². The maximum Gasteiger partial charge on any atom is 0.0736 e. The molecule has 0 saturated heterocycles. The Morgan fingerprint density at radius 3 is 1.88 bits per heavy atom. The van der Waals surface area contributed by atoms with E-state index in [9.17, 15) is 0 Å². The molecule has 4 heteroatoms. The predicted molar refractivity (Wildman–Crippen MR) is 150 cm³/mol. The van der Waals surface area contributed by atoms with Gasteiger partial charge in [0.25, 0.3) is 0 Å². The van der Waals surface area contributed by atoms with Gasteiger partial charge in [-0.05, 0) is 70.1 Å². The number of hydrogen-bond acceptors (Lipinski definition) is 3. The van der Waals surface area contributed by atoms with Gasteiger partial charge in [-0.15, -0.1) is 0 Å². The van der Waals surface area contributed by atoms with Crippen molar-refractivity contribution in [1.29, 1.82) is 0 Å². The highest BCUT2D eigenvalue weighted by atomic mass is 127. The van der Waals surface area contributed by atoms with Crippen LogP contribution in [0.25, 0.3) is 55.4 Å². The van der Waals surface area contributed by atoms with Crippen molar-refractivity contribution in [2.24, 2.45) is 0 Å². The molecule has 0 bridgehead atoms. The molecule has 0 radical (unpaired) electrons. The third-order valence-electron chi connectivity index (χ3n) is 6.07. The van der Waals surface area contributed by atoms with Crippen molar-refractivity contribution in [3.8, 4) is 33.6 Å². The largest absolute Gasteiger partial charge is 0.398 e. The van der Waals surface area contributed by atoms with Gasteiger partial charge in [-0.3, -0.25) is 0 Å². The maximum absolute atomic E-state index is 6.39. The van der Waals surface area contributed by atoms with Crippen LogP contribution in [0.2, 0.25) is 0 Å². The molecule has 34 heavy (non-hydrogen) atoms. The average molecular weight is 549 g/mol. The molecule has 0 saturated carbocycles. The van der Waals surface area contributed by atoms with E-state index in [0.29, 0.717) is 0 Å². The van der Waals surface area contributed by atoms with Crippen molar-refractivity contribution in [2.45, 2.75) is 0 Å². The van der Waals surface area contributed by atoms with Crippen molar-refractivity contribution in [1.82, 2.24) is 9.97 Å². The van der Waals surface area contributed by atoms with Gasteiger partial charge in [0.1, 0.15) is 0 Å². The molecule has 2 aromatic heterocycles. The van der Waals surface area contributed by atoms with Crippen LogP contribution in [0.4, 0.5) is 5.69 Å². The van der Waals surface area contributed by atoms with Crippen LogP contribution in [0.3, 0.4) is 0 Å². The molecule has 0 atom stereocenters. The van der Waals surface area contributed by atoms with Gasteiger partial charge in [0.15, 0.2) is 0 Å². The van der Waals surface area contributed by atoms with E-state index >= 15 is 0 Å². The fraction of sp³-hybridized carbons (Fsp3) is 0. The van der Waals surface area contributed by atoms with E-state index in [1.807, 2.05) is 48.5 Å². The first-order valence-corrected chi connectivity index (χ1v) is 12.2. The van der Waals surface area contributed by atoms with E-state index < -0.39 is 0 Å². The van der Waals surface area contributed by atoms with E-state index in [4.69, 9.17) is 15.7 Å². The van der Waals surface area contributed by atoms with Gasteiger partial charge in [0.05, 0.1) is 22.4 Å². The average Bonchev–Trinajstić information content (AvgIpc) is 2.89. The minimum atomic E-state index is 0.726. The molecule has 0 amide bonds. The molecule has 4 aromatic carbocycles. The normalized spacial score (nSPS) is 11.2. The highest BCUT2D eigenvalue weighted by Gasteiger charge is 2.10. The van der Waals surface area contributed by atoms with E-state index in [1.165, 1.54) is 14.7 Å². The number of rotatable bonds is 3. The van der Waals surface area contributed by atoms with Gasteiger partial charge in [-0.2, -0.15) is 0 Å². The van der Waals surface area contributed by atoms with Crippen molar-refractivity contribution >= 4 is 50.1 Å². The fourth-order valence-electron chi connectivity index (χ4n) is 4.32. The van der Waals surface area contributed by atoms with Gasteiger partial charge < -0.3 is 5.73 Å². The molecule has 0 aliphatic carbocycles. The minimum absolute atomic E-state index is 0.726. The lowest BCUT2D eigenvalue weighted by Crippen LogP contribution is -1.94. The molecule has 3 nitrogen and oxygen atoms in total. The van der Waals surface area contributed by atoms with Gasteiger partial charge in [-0.25, -0.2) is 9.97 Å². The number of aromatic nitrogens is 2. The monoisotopic (exact) mass is 549 g/mol. The molecule has 162 valence electrons. The smallest absolute Gasteiger partial charge is 0.0736 e. The number of fused-ring (bicyclic) bond motifs is 2. The summed E-state index contributed by atoms with van der Waals surface area (Å²) in [4.78, 5) is 9.95. The summed E-state index contributed by atoms with van der Waals surface area (Å²) in [6.45, 7) is 0. The van der Waals surface area contributed by atoms with Crippen LogP contribution in [0.1, 0.15) is 0 Å². The van der Waals surface area contributed by atoms with Gasteiger partial charge in [-0.1, -0.05) is 72.8 Å². The molecule has 2 heterocycles. The fourth-order valence-corrected chi connectivity index (χ4v) is 5.11. The zero-order valence-electron chi connectivity index (χ0n) is 18.2. The molecule has 0 aliphatic rings. The predicted octanol–water partition coefficient (Wildman–Crippen LogP) is 7.97. The number of nitrogens with zero attached hydrogens (tertiary/aromatic N) is 2. The third-order valence-corrected chi connectivity index (χ3v) is 6.96. The number of anilines is 1. The Kier molecular flexibility index (Phi) is 5.23. The Bertz CT molecular complexity index is 1540. The number of nitrogen functional groups attached to an aromatic ring is 1. The quantitative estimate of drug-likeness (QED) is 0.228. The van der Waals surface area contributed by atoms with Gasteiger partial charge in [0.2, 0.25) is 0 Å². The number of hydrogen-bond donors (Lipinski definition) is 1.